The van der Waals surface area contributed by atoms with Crippen molar-refractivity contribution in [2.24, 2.45) is 17.3 Å². The molecule has 0 aromatic heterocycles. The van der Waals surface area contributed by atoms with Crippen LogP contribution in [-0.2, 0) is 0 Å². The molecule has 0 aliphatic heterocycles. The molecule has 2 atom stereocenters. The van der Waals surface area contributed by atoms with E-state index in [2.05, 4.69) is 25.2 Å². The van der Waals surface area contributed by atoms with Gasteiger partial charge in [-0.25, -0.2) is 0 Å². The van der Waals surface area contributed by atoms with Crippen molar-refractivity contribution in [2.75, 3.05) is 26.4 Å². The lowest BCUT2D eigenvalue weighted by atomic mass is 9.93. The zero-order valence-corrected chi connectivity index (χ0v) is 10.9. The van der Waals surface area contributed by atoms with Crippen molar-refractivity contribution < 1.29 is 20.4 Å². The summed E-state index contributed by atoms with van der Waals surface area (Å²) in [4.78, 5) is 0. The molecule has 2 aliphatic rings. The van der Waals surface area contributed by atoms with Crippen LogP contribution in [0.15, 0.2) is 23.8 Å². The van der Waals surface area contributed by atoms with Crippen LogP contribution < -0.4 is 0 Å². The van der Waals surface area contributed by atoms with Crippen LogP contribution in [0.4, 0.5) is 0 Å². The smallest absolute Gasteiger partial charge is 0.0627 e. The van der Waals surface area contributed by atoms with Crippen LogP contribution in [0.1, 0.15) is 19.8 Å². The van der Waals surface area contributed by atoms with Gasteiger partial charge in [0, 0.05) is 0 Å². The van der Waals surface area contributed by atoms with Crippen LogP contribution >= 0.6 is 0 Å². The second-order valence-electron chi connectivity index (χ2n) is 5.19. The molecule has 2 bridgehead atoms. The Morgan fingerprint density at radius 1 is 1.11 bits per heavy atom. The molecule has 1 saturated carbocycles. The molecule has 2 unspecified atom stereocenters. The molecule has 18 heavy (non-hydrogen) atoms. The average molecular weight is 256 g/mol. The fourth-order valence-electron chi connectivity index (χ4n) is 2.29. The van der Waals surface area contributed by atoms with Gasteiger partial charge in [-0.3, -0.25) is 0 Å². The van der Waals surface area contributed by atoms with Gasteiger partial charge in [0.1, 0.15) is 0 Å². The van der Waals surface area contributed by atoms with E-state index in [-0.39, 0.29) is 0 Å². The molecule has 0 spiro atoms. The highest BCUT2D eigenvalue weighted by Crippen LogP contribution is 2.42. The summed E-state index contributed by atoms with van der Waals surface area (Å²) in [7, 11) is 0. The third-order valence-electron chi connectivity index (χ3n) is 3.86. The molecular weight excluding hydrogens is 232 g/mol. The minimum Gasteiger partial charge on any atom is -0.396 e. The van der Waals surface area contributed by atoms with E-state index >= 15 is 0 Å². The monoisotopic (exact) mass is 256 g/mol. The van der Waals surface area contributed by atoms with E-state index < -0.39 is 31.8 Å². The Balaban J connectivity index is 0.000000180. The number of aliphatic hydroxyl groups is 4. The Kier molecular flexibility index (Phi) is 6.02. The molecule has 4 N–H and O–H groups in total. The Hall–Kier alpha value is -0.680. The van der Waals surface area contributed by atoms with Crippen LogP contribution in [0.5, 0.6) is 0 Å². The Labute approximate surface area is 108 Å². The summed E-state index contributed by atoms with van der Waals surface area (Å²) in [5, 5.41) is 34.0. The van der Waals surface area contributed by atoms with Crippen LogP contribution in [0.2, 0.25) is 0 Å². The molecule has 0 heterocycles. The first-order chi connectivity index (χ1) is 8.64. The lowest BCUT2D eigenvalue weighted by molar-refractivity contribution is -0.0328. The molecule has 4 heteroatoms. The first kappa shape index (κ1) is 15.4. The predicted molar refractivity (Wildman–Crippen MR) is 69.9 cm³/mol. The summed E-state index contributed by atoms with van der Waals surface area (Å²) >= 11 is 0. The maximum atomic E-state index is 8.50. The van der Waals surface area contributed by atoms with Crippen LogP contribution in [0, 0.1) is 17.3 Å². The van der Waals surface area contributed by atoms with Crippen LogP contribution in [0.3, 0.4) is 0 Å². The van der Waals surface area contributed by atoms with E-state index in [9.17, 15) is 0 Å². The van der Waals surface area contributed by atoms with Gasteiger partial charge in [-0.05, 0) is 31.6 Å². The molecule has 104 valence electrons. The molecule has 0 aromatic carbocycles. The first-order valence-electron chi connectivity index (χ1n) is 6.41. The van der Waals surface area contributed by atoms with Gasteiger partial charge in [0.2, 0.25) is 0 Å². The van der Waals surface area contributed by atoms with E-state index in [4.69, 9.17) is 20.4 Å². The van der Waals surface area contributed by atoms with Crippen LogP contribution in [-0.4, -0.2) is 46.9 Å². The SMILES string of the molecule is CC=C1CC2C=CC1C2.OCC(CO)(CO)CO. The van der Waals surface area contributed by atoms with Gasteiger partial charge in [-0.1, -0.05) is 23.8 Å². The van der Waals surface area contributed by atoms with Crippen LogP contribution in [0.25, 0.3) is 0 Å². The number of aliphatic hydroxyl groups excluding tert-OH is 4. The predicted octanol–water partition coefficient (Wildman–Crippen LogP) is 0.471. The van der Waals surface area contributed by atoms with Gasteiger partial charge in [0.15, 0.2) is 0 Å². The molecule has 1 fully saturated rings. The number of hydrogen-bond donors (Lipinski definition) is 4. The molecule has 4 nitrogen and oxygen atoms in total. The quantitative estimate of drug-likeness (QED) is 0.551. The highest BCUT2D eigenvalue weighted by atomic mass is 16.3. The van der Waals surface area contributed by atoms with Gasteiger partial charge in [0.25, 0.3) is 0 Å². The molecule has 0 radical (unpaired) electrons. The minimum absolute atomic E-state index is 0.406. The van der Waals surface area contributed by atoms with Gasteiger partial charge < -0.3 is 20.4 Å². The zero-order chi connectivity index (χ0) is 13.6. The molecule has 0 aromatic rings. The summed E-state index contributed by atoms with van der Waals surface area (Å²) in [6.45, 7) is 0.532. The normalized spacial score (nSPS) is 27.5. The third kappa shape index (κ3) is 3.42. The van der Waals surface area contributed by atoms with Gasteiger partial charge >= 0.3 is 0 Å². The fourth-order valence-corrected chi connectivity index (χ4v) is 2.29. The van der Waals surface area contributed by atoms with Crippen molar-refractivity contribution in [1.29, 1.82) is 0 Å². The second-order valence-corrected chi connectivity index (χ2v) is 5.19. The van der Waals surface area contributed by atoms with E-state index in [1.165, 1.54) is 12.8 Å². The molecule has 2 rings (SSSR count). The van der Waals surface area contributed by atoms with Crippen molar-refractivity contribution >= 4 is 0 Å². The van der Waals surface area contributed by atoms with Crippen molar-refractivity contribution in [3.63, 3.8) is 0 Å². The standard InChI is InChI=1S/C9H12.C5H12O4/c1-2-8-5-7-3-4-9(8)6-7;6-1-5(2-7,3-8)4-9/h2-4,7,9H,5-6H2,1H3;6-9H,1-4H2. The lowest BCUT2D eigenvalue weighted by Crippen LogP contribution is -2.37. The average Bonchev–Trinajstić information content (AvgIpc) is 3.05. The third-order valence-corrected chi connectivity index (χ3v) is 3.86. The summed E-state index contributed by atoms with van der Waals surface area (Å²) in [6.07, 6.45) is 9.77. The molecular formula is C14H24O4. The molecule has 2 aliphatic carbocycles. The topological polar surface area (TPSA) is 80.9 Å². The Bertz CT molecular complexity index is 287. The summed E-state index contributed by atoms with van der Waals surface area (Å²) in [5.74, 6) is 1.74. The highest BCUT2D eigenvalue weighted by molar-refractivity contribution is 5.26. The maximum Gasteiger partial charge on any atom is 0.0627 e. The summed E-state index contributed by atoms with van der Waals surface area (Å²) < 4.78 is 0. The summed E-state index contributed by atoms with van der Waals surface area (Å²) in [6, 6.07) is 0. The largest absolute Gasteiger partial charge is 0.396 e. The number of allylic oxidation sites excluding steroid dienone is 4. The van der Waals surface area contributed by atoms with Crippen molar-refractivity contribution in [2.45, 2.75) is 19.8 Å². The van der Waals surface area contributed by atoms with Crippen molar-refractivity contribution in [3.05, 3.63) is 23.8 Å². The Morgan fingerprint density at radius 2 is 1.67 bits per heavy atom. The molecule has 0 saturated heterocycles. The van der Waals surface area contributed by atoms with Gasteiger partial charge in [0.05, 0.1) is 31.8 Å². The minimum atomic E-state index is -1.11. The van der Waals surface area contributed by atoms with Gasteiger partial charge in [-0.15, -0.1) is 0 Å². The highest BCUT2D eigenvalue weighted by Gasteiger charge is 2.29. The number of hydrogen-bond acceptors (Lipinski definition) is 4. The van der Waals surface area contributed by atoms with E-state index in [0.29, 0.717) is 0 Å². The second kappa shape index (κ2) is 7.04. The number of fused-ring (bicyclic) bond motifs is 2. The zero-order valence-electron chi connectivity index (χ0n) is 10.9. The Morgan fingerprint density at radius 3 is 1.83 bits per heavy atom. The van der Waals surface area contributed by atoms with Crippen molar-refractivity contribution in [1.82, 2.24) is 0 Å². The van der Waals surface area contributed by atoms with Gasteiger partial charge in [-0.2, -0.15) is 0 Å². The van der Waals surface area contributed by atoms with E-state index in [0.717, 1.165) is 11.8 Å². The lowest BCUT2D eigenvalue weighted by Gasteiger charge is -2.23. The molecule has 0 amide bonds. The van der Waals surface area contributed by atoms with E-state index in [1.807, 2.05) is 0 Å². The summed E-state index contributed by atoms with van der Waals surface area (Å²) in [5.41, 5.74) is 0.558. The fraction of sp³-hybridized carbons (Fsp3) is 0.714. The maximum absolute atomic E-state index is 8.50. The number of rotatable bonds is 4. The van der Waals surface area contributed by atoms with E-state index in [1.54, 1.807) is 5.57 Å². The van der Waals surface area contributed by atoms with Crippen molar-refractivity contribution in [3.8, 4) is 0 Å². The first-order valence-corrected chi connectivity index (χ1v) is 6.41.